The fraction of sp³-hybridized carbons (Fsp3) is 0.200. The molecule has 0 saturated carbocycles. The molecule has 3 aromatic rings. The molecule has 3 rings (SSSR count). The van der Waals surface area contributed by atoms with Gasteiger partial charge in [0.2, 0.25) is 5.91 Å². The topological polar surface area (TPSA) is 65.4 Å². The Hall–Kier alpha value is -3.35. The standard InChI is InChI=1S/C20H20FN3O3/c1-26-16-6-8-17(9-7-16)27-13-2-4-20(25)23-15-5-10-19(18(21)14-15)24-12-3-11-22-24/h3,5-12,14H,2,4,13H2,1H3,(H,23,25). The van der Waals surface area contributed by atoms with Crippen molar-refractivity contribution in [1.29, 1.82) is 0 Å². The van der Waals surface area contributed by atoms with Gasteiger partial charge in [-0.15, -0.1) is 0 Å². The molecule has 1 aromatic heterocycles. The van der Waals surface area contributed by atoms with E-state index in [1.807, 2.05) is 24.3 Å². The van der Waals surface area contributed by atoms with Gasteiger partial charge in [-0.25, -0.2) is 9.07 Å². The largest absolute Gasteiger partial charge is 0.497 e. The molecule has 1 N–H and O–H groups in total. The number of nitrogens with zero attached hydrogens (tertiary/aromatic N) is 2. The first-order valence-corrected chi connectivity index (χ1v) is 8.52. The number of hydrogen-bond donors (Lipinski definition) is 1. The second kappa shape index (κ2) is 8.84. The summed E-state index contributed by atoms with van der Waals surface area (Å²) in [4.78, 5) is 12.0. The van der Waals surface area contributed by atoms with Gasteiger partial charge in [-0.3, -0.25) is 4.79 Å². The van der Waals surface area contributed by atoms with Gasteiger partial charge in [0.25, 0.3) is 0 Å². The fourth-order valence-corrected chi connectivity index (χ4v) is 2.50. The molecular weight excluding hydrogens is 349 g/mol. The van der Waals surface area contributed by atoms with E-state index in [1.165, 1.54) is 10.7 Å². The Bertz CT molecular complexity index is 880. The summed E-state index contributed by atoms with van der Waals surface area (Å²) < 4.78 is 26.3. The molecule has 7 heteroatoms. The van der Waals surface area contributed by atoms with Crippen LogP contribution in [0.4, 0.5) is 10.1 Å². The van der Waals surface area contributed by atoms with Crippen LogP contribution in [-0.4, -0.2) is 29.4 Å². The van der Waals surface area contributed by atoms with Crippen molar-refractivity contribution >= 4 is 11.6 Å². The number of aromatic nitrogens is 2. The number of nitrogens with one attached hydrogen (secondary N) is 1. The van der Waals surface area contributed by atoms with Gasteiger partial charge in [-0.05, 0) is 55.0 Å². The summed E-state index contributed by atoms with van der Waals surface area (Å²) in [5, 5.41) is 6.68. The first kappa shape index (κ1) is 18.4. The van der Waals surface area contributed by atoms with Crippen molar-refractivity contribution in [2.45, 2.75) is 12.8 Å². The molecule has 1 amide bonds. The van der Waals surface area contributed by atoms with Crippen molar-refractivity contribution < 1.29 is 18.7 Å². The number of hydrogen-bond acceptors (Lipinski definition) is 4. The normalized spacial score (nSPS) is 10.4. The molecule has 0 saturated heterocycles. The van der Waals surface area contributed by atoms with Crippen LogP contribution in [0.2, 0.25) is 0 Å². The number of carbonyl (C=O) groups excluding carboxylic acids is 1. The van der Waals surface area contributed by atoms with Gasteiger partial charge >= 0.3 is 0 Å². The Morgan fingerprint density at radius 3 is 2.63 bits per heavy atom. The maximum absolute atomic E-state index is 14.2. The van der Waals surface area contributed by atoms with Crippen LogP contribution < -0.4 is 14.8 Å². The van der Waals surface area contributed by atoms with Crippen LogP contribution in [0.15, 0.2) is 60.9 Å². The molecular formula is C20H20FN3O3. The Labute approximate surface area is 156 Å². The predicted molar refractivity (Wildman–Crippen MR) is 99.9 cm³/mol. The van der Waals surface area contributed by atoms with Crippen molar-refractivity contribution in [2.75, 3.05) is 19.0 Å². The lowest BCUT2D eigenvalue weighted by atomic mass is 10.2. The molecule has 0 atom stereocenters. The molecule has 0 aliphatic carbocycles. The molecule has 0 spiro atoms. The van der Waals surface area contributed by atoms with Gasteiger partial charge in [0.05, 0.1) is 13.7 Å². The van der Waals surface area contributed by atoms with Gasteiger partial charge in [0.15, 0.2) is 5.82 Å². The van der Waals surface area contributed by atoms with E-state index in [-0.39, 0.29) is 12.3 Å². The maximum atomic E-state index is 14.2. The first-order chi connectivity index (χ1) is 13.2. The van der Waals surface area contributed by atoms with E-state index in [9.17, 15) is 9.18 Å². The van der Waals surface area contributed by atoms with Gasteiger partial charge in [-0.2, -0.15) is 5.10 Å². The molecule has 0 aliphatic rings. The zero-order valence-corrected chi connectivity index (χ0v) is 14.9. The Morgan fingerprint density at radius 1 is 1.19 bits per heavy atom. The molecule has 1 heterocycles. The summed E-state index contributed by atoms with van der Waals surface area (Å²) >= 11 is 0. The summed E-state index contributed by atoms with van der Waals surface area (Å²) in [6.07, 6.45) is 4.05. The van der Waals surface area contributed by atoms with Crippen molar-refractivity contribution in [3.05, 3.63) is 66.7 Å². The van der Waals surface area contributed by atoms with Gasteiger partial charge in [0, 0.05) is 24.5 Å². The van der Waals surface area contributed by atoms with Gasteiger partial charge < -0.3 is 14.8 Å². The highest BCUT2D eigenvalue weighted by Crippen LogP contribution is 2.19. The van der Waals surface area contributed by atoms with E-state index in [0.29, 0.717) is 30.2 Å². The quantitative estimate of drug-likeness (QED) is 0.613. The molecule has 0 bridgehead atoms. The summed E-state index contributed by atoms with van der Waals surface area (Å²) in [5.74, 6) is 0.818. The number of anilines is 1. The first-order valence-electron chi connectivity index (χ1n) is 8.52. The molecule has 0 radical (unpaired) electrons. The van der Waals surface area contributed by atoms with Crippen molar-refractivity contribution in [3.8, 4) is 17.2 Å². The monoisotopic (exact) mass is 369 g/mol. The molecule has 0 unspecified atom stereocenters. The predicted octanol–water partition coefficient (Wildman–Crippen LogP) is 3.82. The minimum absolute atomic E-state index is 0.195. The van der Waals surface area contributed by atoms with Gasteiger partial charge in [-0.1, -0.05) is 0 Å². The average Bonchev–Trinajstić information content (AvgIpc) is 3.20. The highest BCUT2D eigenvalue weighted by atomic mass is 19.1. The Morgan fingerprint density at radius 2 is 1.96 bits per heavy atom. The second-order valence-electron chi connectivity index (χ2n) is 5.79. The van der Waals surface area contributed by atoms with Crippen molar-refractivity contribution in [3.63, 3.8) is 0 Å². The summed E-state index contributed by atoms with van der Waals surface area (Å²) in [5.41, 5.74) is 0.732. The highest BCUT2D eigenvalue weighted by Gasteiger charge is 2.08. The highest BCUT2D eigenvalue weighted by molar-refractivity contribution is 5.90. The molecule has 6 nitrogen and oxygen atoms in total. The number of methoxy groups -OCH3 is 1. The molecule has 140 valence electrons. The van der Waals surface area contributed by atoms with Crippen molar-refractivity contribution in [2.24, 2.45) is 0 Å². The van der Waals surface area contributed by atoms with Crippen LogP contribution in [0.3, 0.4) is 0 Å². The molecule has 27 heavy (non-hydrogen) atoms. The van der Waals surface area contributed by atoms with Crippen LogP contribution in [0, 0.1) is 5.82 Å². The van der Waals surface area contributed by atoms with Crippen LogP contribution >= 0.6 is 0 Å². The van der Waals surface area contributed by atoms with E-state index in [2.05, 4.69) is 10.4 Å². The zero-order chi connectivity index (χ0) is 19.1. The minimum atomic E-state index is -0.459. The van der Waals surface area contributed by atoms with E-state index in [1.54, 1.807) is 37.7 Å². The van der Waals surface area contributed by atoms with E-state index in [0.717, 1.165) is 5.75 Å². The second-order valence-corrected chi connectivity index (χ2v) is 5.79. The van der Waals surface area contributed by atoms with E-state index >= 15 is 0 Å². The van der Waals surface area contributed by atoms with E-state index in [4.69, 9.17) is 9.47 Å². The third-order valence-electron chi connectivity index (χ3n) is 3.86. The maximum Gasteiger partial charge on any atom is 0.224 e. The number of ether oxygens (including phenoxy) is 2. The molecule has 0 aliphatic heterocycles. The van der Waals surface area contributed by atoms with Crippen LogP contribution in [0.25, 0.3) is 5.69 Å². The summed E-state index contributed by atoms with van der Waals surface area (Å²) in [6, 6.07) is 13.4. The number of benzene rings is 2. The minimum Gasteiger partial charge on any atom is -0.497 e. The SMILES string of the molecule is COc1ccc(OCCCC(=O)Nc2ccc(-n3cccn3)c(F)c2)cc1. The summed E-state index contributed by atoms with van der Waals surface area (Å²) in [6.45, 7) is 0.409. The number of rotatable bonds is 8. The Kier molecular flexibility index (Phi) is 6.04. The lowest BCUT2D eigenvalue weighted by Crippen LogP contribution is -2.13. The lowest BCUT2D eigenvalue weighted by Gasteiger charge is -2.09. The smallest absolute Gasteiger partial charge is 0.224 e. The fourth-order valence-electron chi connectivity index (χ4n) is 2.50. The third-order valence-corrected chi connectivity index (χ3v) is 3.86. The van der Waals surface area contributed by atoms with Crippen LogP contribution in [0.5, 0.6) is 11.5 Å². The van der Waals surface area contributed by atoms with Crippen LogP contribution in [0.1, 0.15) is 12.8 Å². The number of amides is 1. The lowest BCUT2D eigenvalue weighted by molar-refractivity contribution is -0.116. The van der Waals surface area contributed by atoms with Crippen molar-refractivity contribution in [1.82, 2.24) is 9.78 Å². The molecule has 2 aromatic carbocycles. The Balaban J connectivity index is 1.44. The number of carbonyl (C=O) groups is 1. The molecule has 0 fully saturated rings. The van der Waals surface area contributed by atoms with Crippen LogP contribution in [-0.2, 0) is 4.79 Å². The zero-order valence-electron chi connectivity index (χ0n) is 14.9. The average molecular weight is 369 g/mol. The third kappa shape index (κ3) is 5.07. The van der Waals surface area contributed by atoms with Gasteiger partial charge in [0.1, 0.15) is 17.2 Å². The number of halogens is 1. The summed E-state index contributed by atoms with van der Waals surface area (Å²) in [7, 11) is 1.60. The van der Waals surface area contributed by atoms with E-state index < -0.39 is 5.82 Å².